The van der Waals surface area contributed by atoms with Crippen LogP contribution in [-0.2, 0) is 27.9 Å². The first-order valence-corrected chi connectivity index (χ1v) is 11.5. The third-order valence-corrected chi connectivity index (χ3v) is 6.58. The Bertz CT molecular complexity index is 695. The first kappa shape index (κ1) is 24.0. The van der Waals surface area contributed by atoms with Crippen LogP contribution in [0.1, 0.15) is 34.6 Å². The van der Waals surface area contributed by atoms with Crippen molar-refractivity contribution >= 4 is 19.3 Å². The van der Waals surface area contributed by atoms with E-state index in [1.165, 1.54) is 6.92 Å². The number of carbonyl (C=O) groups excluding carboxylic acids is 1. The Morgan fingerprint density at radius 1 is 1.21 bits per heavy atom. The lowest BCUT2D eigenvalue weighted by Gasteiger charge is -2.30. The van der Waals surface area contributed by atoms with E-state index in [9.17, 15) is 9.36 Å². The summed E-state index contributed by atoms with van der Waals surface area (Å²) in [6.07, 6.45) is -0.394. The molecule has 9 heteroatoms. The average Bonchev–Trinajstić information content (AvgIpc) is 3.03. The molecule has 0 saturated carbocycles. The van der Waals surface area contributed by atoms with Crippen LogP contribution in [0.5, 0.6) is 0 Å². The number of carbonyl (C=O) groups is 1. The maximum absolute atomic E-state index is 13.8. The van der Waals surface area contributed by atoms with Crippen LogP contribution in [0, 0.1) is 0 Å². The largest absolute Gasteiger partial charge is 0.442 e. The van der Waals surface area contributed by atoms with Crippen LogP contribution in [-0.4, -0.2) is 62.2 Å². The zero-order chi connectivity index (χ0) is 21.5. The molecule has 1 fully saturated rings. The van der Waals surface area contributed by atoms with Crippen LogP contribution < -0.4 is 4.67 Å². The molecule has 8 nitrogen and oxygen atoms in total. The minimum Gasteiger partial charge on any atom is -0.348 e. The monoisotopic (exact) mass is 428 g/mol. The smallest absolute Gasteiger partial charge is 0.348 e. The van der Waals surface area contributed by atoms with Gasteiger partial charge in [0.05, 0.1) is 25.5 Å². The van der Waals surface area contributed by atoms with E-state index in [2.05, 4.69) is 4.90 Å². The van der Waals surface area contributed by atoms with Gasteiger partial charge in [0.1, 0.15) is 6.10 Å². The molecule has 0 spiro atoms. The summed E-state index contributed by atoms with van der Waals surface area (Å²) in [7, 11) is -3.96. The van der Waals surface area contributed by atoms with Crippen LogP contribution >= 0.6 is 7.75 Å². The normalized spacial score (nSPS) is 20.6. The molecule has 0 radical (unpaired) electrons. The lowest BCUT2D eigenvalue weighted by molar-refractivity contribution is -0.141. The highest BCUT2D eigenvalue weighted by atomic mass is 31.2. The Hall–Kier alpha value is -1.28. The number of rotatable bonds is 11. The van der Waals surface area contributed by atoms with Gasteiger partial charge in [-0.3, -0.25) is 13.8 Å². The summed E-state index contributed by atoms with van der Waals surface area (Å²) in [4.78, 5) is 14.6. The fraction of sp³-hybridized carbons (Fsp3) is 0.650. The average molecular weight is 428 g/mol. The molecule has 1 aromatic rings. The fourth-order valence-corrected chi connectivity index (χ4v) is 4.80. The summed E-state index contributed by atoms with van der Waals surface area (Å²) in [6.45, 7) is 11.8. The van der Waals surface area contributed by atoms with Gasteiger partial charge in [-0.05, 0) is 39.1 Å². The molecule has 0 bridgehead atoms. The standard InChI is InChI=1S/C20H33N2O6P/c1-6-21(7-2)13-14-26-29(24,27-16-19-15-25-20(4,5)28-19)22(17(3)23)18-11-9-8-10-12-18/h8-12,19H,6-7,13-16H2,1-5H3. The van der Waals surface area contributed by atoms with E-state index in [4.69, 9.17) is 18.5 Å². The van der Waals surface area contributed by atoms with Gasteiger partial charge in [-0.1, -0.05) is 32.0 Å². The van der Waals surface area contributed by atoms with Crippen LogP contribution in [0.4, 0.5) is 5.69 Å². The molecule has 0 aromatic heterocycles. The summed E-state index contributed by atoms with van der Waals surface area (Å²) < 4.78 is 37.7. The Kier molecular flexibility index (Phi) is 8.82. The lowest BCUT2D eigenvalue weighted by Crippen LogP contribution is -2.32. The molecule has 2 atom stereocenters. The lowest BCUT2D eigenvalue weighted by atomic mass is 10.3. The summed E-state index contributed by atoms with van der Waals surface area (Å²) in [5.41, 5.74) is 0.454. The van der Waals surface area contributed by atoms with Crippen molar-refractivity contribution in [1.82, 2.24) is 4.90 Å². The van der Waals surface area contributed by atoms with Gasteiger partial charge in [0.25, 0.3) is 0 Å². The van der Waals surface area contributed by atoms with Crippen molar-refractivity contribution in [3.63, 3.8) is 0 Å². The van der Waals surface area contributed by atoms with Crippen LogP contribution in [0.15, 0.2) is 30.3 Å². The van der Waals surface area contributed by atoms with Gasteiger partial charge in [0, 0.05) is 13.5 Å². The second kappa shape index (κ2) is 10.7. The van der Waals surface area contributed by atoms with Gasteiger partial charge in [0.2, 0.25) is 5.91 Å². The molecule has 164 valence electrons. The number of amides is 1. The van der Waals surface area contributed by atoms with E-state index in [0.29, 0.717) is 18.8 Å². The molecular formula is C20H33N2O6P. The van der Waals surface area contributed by atoms with Crippen molar-refractivity contribution in [3.8, 4) is 0 Å². The maximum atomic E-state index is 13.8. The van der Waals surface area contributed by atoms with Gasteiger partial charge >= 0.3 is 7.75 Å². The first-order chi connectivity index (χ1) is 13.7. The highest BCUT2D eigenvalue weighted by Crippen LogP contribution is 2.54. The SMILES string of the molecule is CCN(CC)CCOP(=O)(OCC1COC(C)(C)O1)N(C(C)=O)c1ccccc1. The summed E-state index contributed by atoms with van der Waals surface area (Å²) in [5.74, 6) is -1.15. The minimum atomic E-state index is -3.96. The number of para-hydroxylation sites is 1. The topological polar surface area (TPSA) is 77.5 Å². The number of hydrogen-bond acceptors (Lipinski definition) is 7. The number of anilines is 1. The zero-order valence-electron chi connectivity index (χ0n) is 18.0. The van der Waals surface area contributed by atoms with Gasteiger partial charge in [-0.15, -0.1) is 0 Å². The second-order valence-electron chi connectivity index (χ2n) is 7.24. The number of nitrogens with zero attached hydrogens (tertiary/aromatic N) is 2. The van der Waals surface area contributed by atoms with Crippen molar-refractivity contribution < 1.29 is 27.9 Å². The minimum absolute atomic E-state index is 0.0113. The molecular weight excluding hydrogens is 395 g/mol. The highest BCUT2D eigenvalue weighted by Gasteiger charge is 2.40. The Morgan fingerprint density at radius 2 is 1.86 bits per heavy atom. The quantitative estimate of drug-likeness (QED) is 0.498. The number of likely N-dealkylation sites (N-methyl/N-ethyl adjacent to an activating group) is 1. The van der Waals surface area contributed by atoms with Crippen molar-refractivity contribution in [3.05, 3.63) is 30.3 Å². The second-order valence-corrected chi connectivity index (χ2v) is 9.10. The third-order valence-electron chi connectivity index (χ3n) is 4.59. The molecule has 29 heavy (non-hydrogen) atoms. The zero-order valence-corrected chi connectivity index (χ0v) is 18.9. The Labute approximate surface area is 173 Å². The van der Waals surface area contributed by atoms with Crippen molar-refractivity contribution in [1.29, 1.82) is 0 Å². The summed E-state index contributed by atoms with van der Waals surface area (Å²) in [5, 5.41) is 0. The van der Waals surface area contributed by atoms with E-state index >= 15 is 0 Å². The van der Waals surface area contributed by atoms with Crippen molar-refractivity contribution in [2.24, 2.45) is 0 Å². The fourth-order valence-electron chi connectivity index (χ4n) is 3.07. The van der Waals surface area contributed by atoms with Gasteiger partial charge in [0.15, 0.2) is 5.79 Å². The van der Waals surface area contributed by atoms with Crippen molar-refractivity contribution in [2.45, 2.75) is 46.5 Å². The molecule has 1 aromatic carbocycles. The maximum Gasteiger partial charge on any atom is 0.442 e. The summed E-state index contributed by atoms with van der Waals surface area (Å²) >= 11 is 0. The highest BCUT2D eigenvalue weighted by molar-refractivity contribution is 7.56. The van der Waals surface area contributed by atoms with Crippen LogP contribution in [0.25, 0.3) is 0 Å². The van der Waals surface area contributed by atoms with E-state index in [-0.39, 0.29) is 13.2 Å². The predicted octanol–water partition coefficient (Wildman–Crippen LogP) is 3.67. The van der Waals surface area contributed by atoms with Crippen LogP contribution in [0.3, 0.4) is 0 Å². The molecule has 1 heterocycles. The molecule has 2 unspecified atom stereocenters. The van der Waals surface area contributed by atoms with Gasteiger partial charge in [-0.2, -0.15) is 0 Å². The molecule has 0 N–H and O–H groups in total. The van der Waals surface area contributed by atoms with E-state index in [0.717, 1.165) is 17.8 Å². The molecule has 1 saturated heterocycles. The third kappa shape index (κ3) is 6.88. The van der Waals surface area contributed by atoms with E-state index < -0.39 is 25.5 Å². The van der Waals surface area contributed by atoms with Crippen molar-refractivity contribution in [2.75, 3.05) is 44.1 Å². The number of hydrogen-bond donors (Lipinski definition) is 0. The molecule has 1 aliphatic heterocycles. The molecule has 1 aliphatic rings. The van der Waals surface area contributed by atoms with E-state index in [1.54, 1.807) is 38.1 Å². The Morgan fingerprint density at radius 3 is 2.38 bits per heavy atom. The number of ether oxygens (including phenoxy) is 2. The van der Waals surface area contributed by atoms with Gasteiger partial charge < -0.3 is 14.4 Å². The Balaban J connectivity index is 2.18. The predicted molar refractivity (Wildman–Crippen MR) is 112 cm³/mol. The van der Waals surface area contributed by atoms with Crippen LogP contribution in [0.2, 0.25) is 0 Å². The molecule has 1 amide bonds. The molecule has 2 rings (SSSR count). The number of benzene rings is 1. The van der Waals surface area contributed by atoms with E-state index in [1.807, 2.05) is 19.9 Å². The first-order valence-electron chi connectivity index (χ1n) is 10.00. The molecule has 0 aliphatic carbocycles. The summed E-state index contributed by atoms with van der Waals surface area (Å²) in [6, 6.07) is 8.75. The van der Waals surface area contributed by atoms with Gasteiger partial charge in [-0.25, -0.2) is 9.24 Å².